The van der Waals surface area contributed by atoms with Crippen molar-refractivity contribution in [1.82, 2.24) is 4.90 Å². The van der Waals surface area contributed by atoms with Crippen LogP contribution in [0.15, 0.2) is 53.4 Å². The van der Waals surface area contributed by atoms with Crippen LogP contribution >= 0.6 is 0 Å². The smallest absolute Gasteiger partial charge is 0.378 e. The minimum absolute atomic E-state index is 0.0332. The number of rotatable bonds is 6. The molecule has 1 heterocycles. The van der Waals surface area contributed by atoms with Crippen LogP contribution in [0.4, 0.5) is 35.1 Å². The van der Waals surface area contributed by atoms with E-state index in [0.29, 0.717) is 26.3 Å². The summed E-state index contributed by atoms with van der Waals surface area (Å²) in [4.78, 5) is 13.9. The van der Waals surface area contributed by atoms with Crippen LogP contribution in [-0.2, 0) is 29.8 Å². The first-order chi connectivity index (χ1) is 18.0. The zero-order chi connectivity index (χ0) is 28.9. The van der Waals surface area contributed by atoms with E-state index in [1.165, 1.54) is 0 Å². The number of nitrogens with zero attached hydrogens (tertiary/aromatic N) is 1. The van der Waals surface area contributed by atoms with Crippen molar-refractivity contribution in [3.8, 4) is 0 Å². The number of hydrogen-bond acceptors (Lipinski definition) is 4. The minimum atomic E-state index is -6.33. The van der Waals surface area contributed by atoms with Gasteiger partial charge in [-0.2, -0.15) is 26.3 Å². The minimum Gasteiger partial charge on any atom is -0.378 e. The number of carbonyl (C=O) groups is 1. The Balaban J connectivity index is 1.70. The van der Waals surface area contributed by atoms with Crippen LogP contribution in [-0.4, -0.2) is 57.9 Å². The first-order valence-electron chi connectivity index (χ1n) is 11.8. The third-order valence-electron chi connectivity index (χ3n) is 7.29. The van der Waals surface area contributed by atoms with E-state index in [4.69, 9.17) is 4.74 Å². The number of benzene rings is 2. The van der Waals surface area contributed by atoms with Gasteiger partial charge in [0.2, 0.25) is 5.91 Å². The Bertz CT molecular complexity index is 1280. The van der Waals surface area contributed by atoms with Crippen molar-refractivity contribution in [1.29, 1.82) is 0 Å². The molecule has 0 aromatic heterocycles. The maximum atomic E-state index is 14.5. The third-order valence-corrected chi connectivity index (χ3v) is 9.78. The van der Waals surface area contributed by atoms with Crippen LogP contribution < -0.4 is 0 Å². The summed E-state index contributed by atoms with van der Waals surface area (Å²) in [5.74, 6) is -1.45. The van der Waals surface area contributed by atoms with E-state index >= 15 is 0 Å². The lowest BCUT2D eigenvalue weighted by atomic mass is 9.68. The van der Waals surface area contributed by atoms with Gasteiger partial charge in [-0.3, -0.25) is 4.79 Å². The molecule has 1 amide bonds. The first-order valence-corrected chi connectivity index (χ1v) is 13.3. The van der Waals surface area contributed by atoms with Gasteiger partial charge in [0.1, 0.15) is 10.6 Å². The second-order valence-electron chi connectivity index (χ2n) is 9.65. The van der Waals surface area contributed by atoms with Crippen LogP contribution in [0.1, 0.15) is 30.4 Å². The van der Waals surface area contributed by atoms with Gasteiger partial charge in [0, 0.05) is 25.1 Å². The predicted octanol–water partition coefficient (Wildman–Crippen LogP) is 5.44. The molecule has 0 radical (unpaired) electrons. The quantitative estimate of drug-likeness (QED) is 0.335. The second kappa shape index (κ2) is 10.0. The number of morpholine rings is 1. The Kier molecular flexibility index (Phi) is 7.52. The highest BCUT2D eigenvalue weighted by Crippen LogP contribution is 2.57. The summed E-state index contributed by atoms with van der Waals surface area (Å²) < 4.78 is 138. The molecule has 0 unspecified atom stereocenters. The molecule has 0 bridgehead atoms. The monoisotopic (exact) mass is 585 g/mol. The van der Waals surface area contributed by atoms with Gasteiger partial charge in [0.15, 0.2) is 9.84 Å². The average molecular weight is 586 g/mol. The lowest BCUT2D eigenvalue weighted by Crippen LogP contribution is -2.51. The van der Waals surface area contributed by atoms with Crippen molar-refractivity contribution in [3.05, 3.63) is 65.5 Å². The number of sulfone groups is 1. The molecule has 1 aliphatic carbocycles. The molecule has 1 saturated carbocycles. The molecule has 2 fully saturated rings. The fourth-order valence-corrected chi connectivity index (χ4v) is 7.45. The molecule has 5 nitrogen and oxygen atoms in total. The summed E-state index contributed by atoms with van der Waals surface area (Å²) >= 11 is 0. The van der Waals surface area contributed by atoms with Gasteiger partial charge in [-0.25, -0.2) is 17.2 Å². The lowest BCUT2D eigenvalue weighted by molar-refractivity contribution is -0.348. The van der Waals surface area contributed by atoms with E-state index in [9.17, 15) is 48.3 Å². The molecule has 39 heavy (non-hydrogen) atoms. The Morgan fingerprint density at radius 3 is 1.87 bits per heavy atom. The lowest BCUT2D eigenvalue weighted by Gasteiger charge is -2.47. The third kappa shape index (κ3) is 5.01. The molecule has 0 spiro atoms. The Morgan fingerprint density at radius 1 is 0.872 bits per heavy atom. The molecule has 0 N–H and O–H groups in total. The van der Waals surface area contributed by atoms with Crippen molar-refractivity contribution in [2.75, 3.05) is 26.3 Å². The van der Waals surface area contributed by atoms with Gasteiger partial charge in [0.25, 0.3) is 0 Å². The summed E-state index contributed by atoms with van der Waals surface area (Å²) in [6.45, 7) is 1.40. The van der Waals surface area contributed by atoms with Gasteiger partial charge in [-0.15, -0.1) is 0 Å². The normalized spacial score (nSPS) is 22.9. The molecule has 2 aromatic rings. The van der Waals surface area contributed by atoms with E-state index < -0.39 is 49.9 Å². The SMILES string of the molecule is O=C(CC1CC(c2ccc(C(F)(C(F)(F)F)C(F)(F)F)cc2)(S(=O)(=O)c2ccc(F)cc2)C1)N1CCOCC1. The van der Waals surface area contributed by atoms with E-state index in [-0.39, 0.29) is 47.8 Å². The van der Waals surface area contributed by atoms with E-state index in [1.54, 1.807) is 4.90 Å². The fraction of sp³-hybridized carbons (Fsp3) is 0.480. The van der Waals surface area contributed by atoms with Gasteiger partial charge < -0.3 is 9.64 Å². The highest BCUT2D eigenvalue weighted by molar-refractivity contribution is 7.92. The molecule has 2 aromatic carbocycles. The number of hydrogen-bond donors (Lipinski definition) is 0. The summed E-state index contributed by atoms with van der Waals surface area (Å²) in [7, 11) is -4.38. The molecule has 2 aliphatic rings. The second-order valence-corrected chi connectivity index (χ2v) is 11.9. The molecular formula is C25H23F8NO4S. The van der Waals surface area contributed by atoms with Crippen molar-refractivity contribution in [2.24, 2.45) is 5.92 Å². The van der Waals surface area contributed by atoms with Crippen molar-refractivity contribution in [3.63, 3.8) is 0 Å². The zero-order valence-electron chi connectivity index (χ0n) is 20.2. The van der Waals surface area contributed by atoms with Crippen molar-refractivity contribution >= 4 is 15.7 Å². The van der Waals surface area contributed by atoms with Crippen LogP contribution in [0.25, 0.3) is 0 Å². The van der Waals surface area contributed by atoms with E-state index in [0.717, 1.165) is 36.4 Å². The highest BCUT2D eigenvalue weighted by atomic mass is 32.2. The molecule has 214 valence electrons. The fourth-order valence-electron chi connectivity index (χ4n) is 5.15. The maximum Gasteiger partial charge on any atom is 0.435 e. The van der Waals surface area contributed by atoms with Crippen LogP contribution in [0.5, 0.6) is 0 Å². The summed E-state index contributed by atoms with van der Waals surface area (Å²) in [5.41, 5.74) is -7.59. The van der Waals surface area contributed by atoms with Crippen LogP contribution in [0.2, 0.25) is 0 Å². The van der Waals surface area contributed by atoms with Gasteiger partial charge in [0.05, 0.1) is 18.1 Å². The van der Waals surface area contributed by atoms with Crippen molar-refractivity contribution in [2.45, 2.75) is 46.9 Å². The summed E-state index contributed by atoms with van der Waals surface area (Å²) in [6, 6.07) is 5.76. The number of halogens is 8. The highest BCUT2D eigenvalue weighted by Gasteiger charge is 2.73. The Morgan fingerprint density at radius 2 is 1.38 bits per heavy atom. The first kappa shape index (κ1) is 29.2. The van der Waals surface area contributed by atoms with Gasteiger partial charge in [-0.1, -0.05) is 24.3 Å². The number of alkyl halides is 7. The largest absolute Gasteiger partial charge is 0.435 e. The average Bonchev–Trinajstić information content (AvgIpc) is 2.84. The van der Waals surface area contributed by atoms with Crippen LogP contribution in [0.3, 0.4) is 0 Å². The predicted molar refractivity (Wildman–Crippen MR) is 121 cm³/mol. The summed E-state index contributed by atoms with van der Waals surface area (Å²) in [6.07, 6.45) is -13.0. The van der Waals surface area contributed by atoms with E-state index in [1.807, 2.05) is 0 Å². The Hall–Kier alpha value is -2.74. The van der Waals surface area contributed by atoms with Crippen LogP contribution in [0, 0.1) is 11.7 Å². The summed E-state index contributed by atoms with van der Waals surface area (Å²) in [5, 5.41) is 0. The molecule has 1 aliphatic heterocycles. The van der Waals surface area contributed by atoms with Crippen molar-refractivity contribution < 1.29 is 53.1 Å². The molecule has 0 atom stereocenters. The number of ether oxygens (including phenoxy) is 1. The Labute approximate surface area is 218 Å². The maximum absolute atomic E-state index is 14.5. The number of amides is 1. The molecule has 4 rings (SSSR count). The topological polar surface area (TPSA) is 63.7 Å². The van der Waals surface area contributed by atoms with Gasteiger partial charge >= 0.3 is 18.0 Å². The molecular weight excluding hydrogens is 562 g/mol. The molecule has 1 saturated heterocycles. The van der Waals surface area contributed by atoms with Gasteiger partial charge in [-0.05, 0) is 48.6 Å². The van der Waals surface area contributed by atoms with E-state index in [2.05, 4.69) is 0 Å². The zero-order valence-corrected chi connectivity index (χ0v) is 21.0. The molecule has 14 heteroatoms. The number of carbonyl (C=O) groups excluding carboxylic acids is 1. The standard InChI is InChI=1S/C25H23F8NO4S/c26-19-5-7-20(8-6-19)39(36,37)22(14-16(15-22)13-21(35)34-9-11-38-12-10-34)17-1-3-18(4-2-17)23(27,24(28,29)30)25(31,32)33/h1-8,16H,9-15H2.